The van der Waals surface area contributed by atoms with E-state index in [1.165, 1.54) is 18.2 Å². The summed E-state index contributed by atoms with van der Waals surface area (Å²) in [5.41, 5.74) is 1.23. The van der Waals surface area contributed by atoms with Gasteiger partial charge in [0.25, 0.3) is 5.69 Å². The zero-order chi connectivity index (χ0) is 20.5. The predicted octanol–water partition coefficient (Wildman–Crippen LogP) is 4.33. The van der Waals surface area contributed by atoms with Gasteiger partial charge in [-0.25, -0.2) is 4.79 Å². The Kier molecular flexibility index (Phi) is 7.50. The number of non-ortho nitro benzene ring substituents is 1. The van der Waals surface area contributed by atoms with E-state index in [0.29, 0.717) is 5.56 Å². The van der Waals surface area contributed by atoms with Gasteiger partial charge < -0.3 is 14.2 Å². The Balaban J connectivity index is 1.73. The van der Waals surface area contributed by atoms with Crippen LogP contribution < -0.4 is 4.74 Å². The van der Waals surface area contributed by atoms with Gasteiger partial charge in [0.15, 0.2) is 0 Å². The van der Waals surface area contributed by atoms with Gasteiger partial charge in [-0.2, -0.15) is 0 Å². The monoisotopic (exact) mass is 387 g/mol. The lowest BCUT2D eigenvalue weighted by Crippen LogP contribution is -2.20. The maximum atomic E-state index is 11.9. The molecule has 0 fully saturated rings. The zero-order valence-corrected chi connectivity index (χ0v) is 15.6. The minimum atomic E-state index is -0.942. The highest BCUT2D eigenvalue weighted by molar-refractivity contribution is 5.69. The van der Waals surface area contributed by atoms with Gasteiger partial charge in [-0.3, -0.25) is 14.9 Å². The van der Waals surface area contributed by atoms with Crippen LogP contribution in [-0.4, -0.2) is 23.2 Å². The van der Waals surface area contributed by atoms with Crippen LogP contribution in [0.5, 0.6) is 5.75 Å². The number of benzene rings is 2. The normalized spacial score (nSPS) is 11.4. The molecule has 8 nitrogen and oxygen atoms in total. The van der Waals surface area contributed by atoms with Crippen LogP contribution in [0, 0.1) is 17.0 Å². The molecule has 8 heteroatoms. The third-order valence-corrected chi connectivity index (χ3v) is 3.86. The molecule has 0 aliphatic heterocycles. The van der Waals surface area contributed by atoms with Crippen LogP contribution in [0.2, 0.25) is 0 Å². The van der Waals surface area contributed by atoms with Crippen molar-refractivity contribution >= 4 is 17.8 Å². The van der Waals surface area contributed by atoms with Gasteiger partial charge in [0.05, 0.1) is 4.92 Å². The largest absolute Gasteiger partial charge is 0.514 e. The van der Waals surface area contributed by atoms with E-state index in [-0.39, 0.29) is 36.9 Å². The number of nitro groups is 1. The summed E-state index contributed by atoms with van der Waals surface area (Å²) in [5.74, 6) is -0.219. The van der Waals surface area contributed by atoms with Crippen molar-refractivity contribution < 1.29 is 28.7 Å². The van der Waals surface area contributed by atoms with E-state index >= 15 is 0 Å². The van der Waals surface area contributed by atoms with Crippen LogP contribution in [0.3, 0.4) is 0 Å². The molecular weight excluding hydrogens is 366 g/mol. The minimum Gasteiger partial charge on any atom is -0.461 e. The molecule has 2 aromatic rings. The highest BCUT2D eigenvalue weighted by Crippen LogP contribution is 2.23. The summed E-state index contributed by atoms with van der Waals surface area (Å²) >= 11 is 0. The summed E-state index contributed by atoms with van der Waals surface area (Å²) in [7, 11) is 0. The first kappa shape index (κ1) is 20.9. The van der Waals surface area contributed by atoms with Crippen molar-refractivity contribution in [2.24, 2.45) is 0 Å². The molecule has 2 rings (SSSR count). The molecule has 1 atom stereocenters. The topological polar surface area (TPSA) is 105 Å². The lowest BCUT2D eigenvalue weighted by molar-refractivity contribution is -0.384. The van der Waals surface area contributed by atoms with E-state index < -0.39 is 17.2 Å². The van der Waals surface area contributed by atoms with Crippen molar-refractivity contribution in [2.75, 3.05) is 0 Å². The Hall–Kier alpha value is -3.42. The molecule has 0 aliphatic carbocycles. The molecule has 0 aliphatic rings. The average molecular weight is 387 g/mol. The third-order valence-electron chi connectivity index (χ3n) is 3.86. The van der Waals surface area contributed by atoms with Crippen molar-refractivity contribution in [3.8, 4) is 5.75 Å². The standard InChI is InChI=1S/C20H21NO7/c1-14-12-17(21(24)25)9-10-18(14)28-20(23)27-15(2)8-11-19(22)26-13-16-6-4-3-5-7-16/h3-7,9-10,12,15H,8,11,13H2,1-2H3. The second-order valence-electron chi connectivity index (χ2n) is 6.17. The fourth-order valence-electron chi connectivity index (χ4n) is 2.33. The van der Waals surface area contributed by atoms with Crippen molar-refractivity contribution in [2.45, 2.75) is 39.4 Å². The molecule has 0 saturated heterocycles. The van der Waals surface area contributed by atoms with Gasteiger partial charge >= 0.3 is 12.1 Å². The smallest absolute Gasteiger partial charge is 0.461 e. The van der Waals surface area contributed by atoms with Crippen molar-refractivity contribution in [1.82, 2.24) is 0 Å². The zero-order valence-electron chi connectivity index (χ0n) is 15.6. The molecular formula is C20H21NO7. The Morgan fingerprint density at radius 3 is 2.50 bits per heavy atom. The highest BCUT2D eigenvalue weighted by Gasteiger charge is 2.16. The lowest BCUT2D eigenvalue weighted by atomic mass is 10.2. The van der Waals surface area contributed by atoms with E-state index in [1.54, 1.807) is 13.8 Å². The molecule has 0 heterocycles. The Morgan fingerprint density at radius 2 is 1.86 bits per heavy atom. The van der Waals surface area contributed by atoms with Crippen molar-refractivity contribution in [3.63, 3.8) is 0 Å². The highest BCUT2D eigenvalue weighted by atomic mass is 16.7. The molecule has 0 amide bonds. The minimum absolute atomic E-state index is 0.0951. The Labute approximate surface area is 162 Å². The number of carbonyl (C=O) groups excluding carboxylic acids is 2. The van der Waals surface area contributed by atoms with Gasteiger partial charge in [-0.05, 0) is 37.5 Å². The SMILES string of the molecule is Cc1cc([N+](=O)[O-])ccc1OC(=O)OC(C)CCC(=O)OCc1ccccc1. The fraction of sp³-hybridized carbons (Fsp3) is 0.300. The average Bonchev–Trinajstić information content (AvgIpc) is 2.67. The number of ether oxygens (including phenoxy) is 3. The molecule has 0 N–H and O–H groups in total. The quantitative estimate of drug-likeness (QED) is 0.287. The molecule has 0 bridgehead atoms. The number of aryl methyl sites for hydroxylation is 1. The van der Waals surface area contributed by atoms with Crippen LogP contribution in [-0.2, 0) is 20.9 Å². The van der Waals surface area contributed by atoms with Crippen LogP contribution >= 0.6 is 0 Å². The number of esters is 1. The van der Waals surface area contributed by atoms with Crippen LogP contribution in [0.1, 0.15) is 30.9 Å². The van der Waals surface area contributed by atoms with Crippen LogP contribution in [0.15, 0.2) is 48.5 Å². The van der Waals surface area contributed by atoms with Gasteiger partial charge in [0, 0.05) is 18.6 Å². The molecule has 0 spiro atoms. The maximum Gasteiger partial charge on any atom is 0.514 e. The second-order valence-corrected chi connectivity index (χ2v) is 6.17. The van der Waals surface area contributed by atoms with Gasteiger partial charge in [0.2, 0.25) is 0 Å². The summed E-state index contributed by atoms with van der Waals surface area (Å²) in [5, 5.41) is 10.7. The predicted molar refractivity (Wildman–Crippen MR) is 99.9 cm³/mol. The molecule has 0 saturated carbocycles. The summed E-state index contributed by atoms with van der Waals surface area (Å²) in [6.45, 7) is 3.41. The Morgan fingerprint density at radius 1 is 1.14 bits per heavy atom. The molecule has 0 radical (unpaired) electrons. The van der Waals surface area contributed by atoms with Crippen LogP contribution in [0.4, 0.5) is 10.5 Å². The summed E-state index contributed by atoms with van der Waals surface area (Å²) in [6, 6.07) is 13.2. The molecule has 28 heavy (non-hydrogen) atoms. The maximum absolute atomic E-state index is 11.9. The summed E-state index contributed by atoms with van der Waals surface area (Å²) < 4.78 is 15.3. The van der Waals surface area contributed by atoms with E-state index in [0.717, 1.165) is 5.56 Å². The number of hydrogen-bond donors (Lipinski definition) is 0. The second kappa shape index (κ2) is 10.1. The number of carbonyl (C=O) groups is 2. The molecule has 1 unspecified atom stereocenters. The fourth-order valence-corrected chi connectivity index (χ4v) is 2.33. The number of nitrogens with zero attached hydrogens (tertiary/aromatic N) is 1. The van der Waals surface area contributed by atoms with Gasteiger partial charge in [0.1, 0.15) is 18.5 Å². The molecule has 0 aromatic heterocycles. The van der Waals surface area contributed by atoms with E-state index in [9.17, 15) is 19.7 Å². The van der Waals surface area contributed by atoms with Gasteiger partial charge in [-0.1, -0.05) is 30.3 Å². The van der Waals surface area contributed by atoms with E-state index in [1.807, 2.05) is 30.3 Å². The van der Waals surface area contributed by atoms with Gasteiger partial charge in [-0.15, -0.1) is 0 Å². The number of rotatable bonds is 8. The third kappa shape index (κ3) is 6.71. The van der Waals surface area contributed by atoms with E-state index in [4.69, 9.17) is 14.2 Å². The number of nitro benzene ring substituents is 1. The van der Waals surface area contributed by atoms with Crippen molar-refractivity contribution in [3.05, 3.63) is 69.8 Å². The first-order valence-electron chi connectivity index (χ1n) is 8.68. The Bertz CT molecular complexity index is 836. The van der Waals surface area contributed by atoms with E-state index in [2.05, 4.69) is 0 Å². The summed E-state index contributed by atoms with van der Waals surface area (Å²) in [4.78, 5) is 33.8. The molecule has 148 valence electrons. The van der Waals surface area contributed by atoms with Crippen LogP contribution in [0.25, 0.3) is 0 Å². The first-order chi connectivity index (χ1) is 13.3. The molecule has 2 aromatic carbocycles. The lowest BCUT2D eigenvalue weighted by Gasteiger charge is -2.13. The summed E-state index contributed by atoms with van der Waals surface area (Å²) in [6.07, 6.45) is -1.13. The first-order valence-corrected chi connectivity index (χ1v) is 8.68. The number of hydrogen-bond acceptors (Lipinski definition) is 7. The van der Waals surface area contributed by atoms with Crippen molar-refractivity contribution in [1.29, 1.82) is 0 Å².